The van der Waals surface area contributed by atoms with Crippen molar-refractivity contribution in [3.63, 3.8) is 0 Å². The van der Waals surface area contributed by atoms with E-state index < -0.39 is 20.2 Å². The average Bonchev–Trinajstić information content (AvgIpc) is 2.54. The summed E-state index contributed by atoms with van der Waals surface area (Å²) in [7, 11) is -8.53. The Kier molecular flexibility index (Phi) is 4.28. The molecule has 3 aromatic rings. The van der Waals surface area contributed by atoms with Crippen LogP contribution in [0.5, 0.6) is 5.75 Å². The minimum atomic E-state index is -4.45. The summed E-state index contributed by atoms with van der Waals surface area (Å²) in [6.07, 6.45) is 0. The molecule has 130 valence electrons. The SMILES string of the molecule is Cc1ccc(S(=O)(=O)Oc2cccc3c(S(=O)(=O)O)cccc23)cc1. The molecule has 0 aromatic heterocycles. The fourth-order valence-corrected chi connectivity index (χ4v) is 4.07. The lowest BCUT2D eigenvalue weighted by atomic mass is 10.1. The summed E-state index contributed by atoms with van der Waals surface area (Å²) in [6.45, 7) is 1.83. The molecule has 0 aliphatic heterocycles. The first kappa shape index (κ1) is 17.4. The van der Waals surface area contributed by atoms with Crippen LogP contribution in [0.2, 0.25) is 0 Å². The van der Waals surface area contributed by atoms with Gasteiger partial charge in [0.05, 0.1) is 0 Å². The predicted octanol–water partition coefficient (Wildman–Crippen LogP) is 3.16. The second-order valence-corrected chi connectivity index (χ2v) is 8.37. The highest BCUT2D eigenvalue weighted by Crippen LogP contribution is 2.32. The highest BCUT2D eigenvalue weighted by atomic mass is 32.2. The molecule has 0 aliphatic rings. The minimum absolute atomic E-state index is 0.0129. The van der Waals surface area contributed by atoms with Crippen molar-refractivity contribution in [3.8, 4) is 5.75 Å². The van der Waals surface area contributed by atoms with E-state index in [9.17, 15) is 21.4 Å². The lowest BCUT2D eigenvalue weighted by Crippen LogP contribution is -2.10. The Bertz CT molecular complexity index is 1150. The molecule has 6 nitrogen and oxygen atoms in total. The number of benzene rings is 3. The molecule has 0 saturated heterocycles. The standard InChI is InChI=1S/C17H14O6S2/c1-12-8-10-13(11-9-12)25(21,22)23-16-6-2-5-15-14(16)4-3-7-17(15)24(18,19)20/h2-11H,1H3,(H,18,19,20). The van der Waals surface area contributed by atoms with Gasteiger partial charge in [-0.15, -0.1) is 0 Å². The number of fused-ring (bicyclic) bond motifs is 1. The zero-order chi connectivity index (χ0) is 18.2. The Morgan fingerprint density at radius 2 is 1.40 bits per heavy atom. The highest BCUT2D eigenvalue weighted by molar-refractivity contribution is 7.87. The van der Waals surface area contributed by atoms with Crippen molar-refractivity contribution in [2.24, 2.45) is 0 Å². The van der Waals surface area contributed by atoms with E-state index >= 15 is 0 Å². The largest absolute Gasteiger partial charge is 0.378 e. The summed E-state index contributed by atoms with van der Waals surface area (Å²) in [5.74, 6) is -0.0245. The van der Waals surface area contributed by atoms with Crippen molar-refractivity contribution in [1.29, 1.82) is 0 Å². The summed E-state index contributed by atoms with van der Waals surface area (Å²) in [5, 5.41) is 0.426. The van der Waals surface area contributed by atoms with Gasteiger partial charge in [-0.1, -0.05) is 42.0 Å². The van der Waals surface area contributed by atoms with E-state index in [0.717, 1.165) is 5.56 Å². The quantitative estimate of drug-likeness (QED) is 0.553. The third kappa shape index (κ3) is 3.51. The normalized spacial score (nSPS) is 12.2. The van der Waals surface area contributed by atoms with Crippen molar-refractivity contribution in [2.45, 2.75) is 16.7 Å². The molecule has 0 fully saturated rings. The third-order valence-electron chi connectivity index (χ3n) is 3.63. The summed E-state index contributed by atoms with van der Waals surface area (Å²) in [4.78, 5) is -0.329. The van der Waals surface area contributed by atoms with Gasteiger partial charge in [-0.25, -0.2) is 0 Å². The van der Waals surface area contributed by atoms with E-state index in [0.29, 0.717) is 0 Å². The minimum Gasteiger partial charge on any atom is -0.378 e. The van der Waals surface area contributed by atoms with Gasteiger partial charge in [-0.05, 0) is 31.2 Å². The molecule has 8 heteroatoms. The van der Waals surface area contributed by atoms with Crippen molar-refractivity contribution in [3.05, 3.63) is 66.2 Å². The van der Waals surface area contributed by atoms with Crippen LogP contribution in [0.3, 0.4) is 0 Å². The molecular formula is C17H14O6S2. The van der Waals surface area contributed by atoms with Crippen LogP contribution in [0.15, 0.2) is 70.5 Å². The van der Waals surface area contributed by atoms with Crippen molar-refractivity contribution < 1.29 is 25.6 Å². The zero-order valence-corrected chi connectivity index (χ0v) is 14.7. The number of hydrogen-bond donors (Lipinski definition) is 1. The number of rotatable bonds is 4. The van der Waals surface area contributed by atoms with Gasteiger partial charge in [-0.3, -0.25) is 4.55 Å². The molecule has 0 atom stereocenters. The molecule has 0 saturated carbocycles. The van der Waals surface area contributed by atoms with Gasteiger partial charge in [-0.2, -0.15) is 16.8 Å². The molecule has 3 aromatic carbocycles. The first-order valence-electron chi connectivity index (χ1n) is 7.19. The van der Waals surface area contributed by atoms with Gasteiger partial charge < -0.3 is 4.18 Å². The number of aryl methyl sites for hydroxylation is 1. The lowest BCUT2D eigenvalue weighted by Gasteiger charge is -2.11. The second kappa shape index (κ2) is 6.14. The lowest BCUT2D eigenvalue weighted by molar-refractivity contribution is 0.484. The average molecular weight is 378 g/mol. The van der Waals surface area contributed by atoms with Crippen LogP contribution in [0.4, 0.5) is 0 Å². The Morgan fingerprint density at radius 3 is 2.04 bits per heavy atom. The maximum Gasteiger partial charge on any atom is 0.339 e. The monoisotopic (exact) mass is 378 g/mol. The zero-order valence-electron chi connectivity index (χ0n) is 13.1. The maximum atomic E-state index is 12.4. The molecule has 0 unspecified atom stereocenters. The Balaban J connectivity index is 2.13. The van der Waals surface area contributed by atoms with Crippen molar-refractivity contribution in [1.82, 2.24) is 0 Å². The molecule has 0 amide bonds. The van der Waals surface area contributed by atoms with Crippen LogP contribution < -0.4 is 4.18 Å². The smallest absolute Gasteiger partial charge is 0.339 e. The predicted molar refractivity (Wildman–Crippen MR) is 92.8 cm³/mol. The van der Waals surface area contributed by atoms with E-state index in [1.54, 1.807) is 12.1 Å². The van der Waals surface area contributed by atoms with Crippen LogP contribution in [0.1, 0.15) is 5.56 Å². The van der Waals surface area contributed by atoms with Gasteiger partial charge in [0.25, 0.3) is 10.1 Å². The fraction of sp³-hybridized carbons (Fsp3) is 0.0588. The molecule has 0 aliphatic carbocycles. The molecule has 0 spiro atoms. The molecule has 25 heavy (non-hydrogen) atoms. The van der Waals surface area contributed by atoms with E-state index in [-0.39, 0.29) is 26.3 Å². The van der Waals surface area contributed by atoms with E-state index in [1.165, 1.54) is 48.5 Å². The Hall–Kier alpha value is -2.42. The summed E-state index contributed by atoms with van der Waals surface area (Å²) < 4.78 is 62.4. The van der Waals surface area contributed by atoms with Crippen LogP contribution in [-0.4, -0.2) is 21.4 Å². The second-order valence-electron chi connectivity index (χ2n) is 5.43. The first-order valence-corrected chi connectivity index (χ1v) is 10.0. The molecule has 0 heterocycles. The van der Waals surface area contributed by atoms with Crippen LogP contribution in [-0.2, 0) is 20.2 Å². The number of hydrogen-bond acceptors (Lipinski definition) is 5. The van der Waals surface area contributed by atoms with Gasteiger partial charge in [0.2, 0.25) is 0 Å². The summed E-state index contributed by atoms with van der Waals surface area (Å²) >= 11 is 0. The molecule has 3 rings (SSSR count). The molecule has 0 radical (unpaired) electrons. The van der Waals surface area contributed by atoms with Gasteiger partial charge in [0.1, 0.15) is 9.79 Å². The maximum absolute atomic E-state index is 12.4. The highest BCUT2D eigenvalue weighted by Gasteiger charge is 2.20. The van der Waals surface area contributed by atoms with E-state index in [1.807, 2.05) is 6.92 Å². The molecular weight excluding hydrogens is 364 g/mol. The Labute approximate surface area is 145 Å². The molecule has 1 N–H and O–H groups in total. The molecule has 0 bridgehead atoms. The van der Waals surface area contributed by atoms with E-state index in [2.05, 4.69) is 0 Å². The third-order valence-corrected chi connectivity index (χ3v) is 5.79. The van der Waals surface area contributed by atoms with Crippen LogP contribution in [0.25, 0.3) is 10.8 Å². The Morgan fingerprint density at radius 1 is 0.800 bits per heavy atom. The fourth-order valence-electron chi connectivity index (χ4n) is 2.42. The van der Waals surface area contributed by atoms with Gasteiger partial charge >= 0.3 is 10.1 Å². The summed E-state index contributed by atoms with van der Waals surface area (Å²) in [6, 6.07) is 14.6. The summed E-state index contributed by atoms with van der Waals surface area (Å²) in [5.41, 5.74) is 0.905. The van der Waals surface area contributed by atoms with Crippen molar-refractivity contribution in [2.75, 3.05) is 0 Å². The van der Waals surface area contributed by atoms with Crippen molar-refractivity contribution >= 4 is 31.0 Å². The van der Waals surface area contributed by atoms with E-state index in [4.69, 9.17) is 4.18 Å². The van der Waals surface area contributed by atoms with Gasteiger partial charge in [0.15, 0.2) is 5.75 Å². The topological polar surface area (TPSA) is 97.7 Å². The van der Waals surface area contributed by atoms with Gasteiger partial charge in [0, 0.05) is 10.8 Å². The first-order chi connectivity index (χ1) is 11.7. The van der Waals surface area contributed by atoms with Crippen LogP contribution in [0, 0.1) is 6.92 Å². The van der Waals surface area contributed by atoms with Crippen LogP contribution >= 0.6 is 0 Å².